The van der Waals surface area contributed by atoms with Crippen LogP contribution in [0.15, 0.2) is 23.1 Å². The maximum atomic E-state index is 12.9. The van der Waals surface area contributed by atoms with Crippen molar-refractivity contribution in [3.05, 3.63) is 29.3 Å². The van der Waals surface area contributed by atoms with Gasteiger partial charge in [0.25, 0.3) is 0 Å². The summed E-state index contributed by atoms with van der Waals surface area (Å²) in [5.41, 5.74) is 2.48. The Balaban J connectivity index is 1.89. The van der Waals surface area contributed by atoms with Gasteiger partial charge in [-0.1, -0.05) is 12.5 Å². The van der Waals surface area contributed by atoms with E-state index in [0.717, 1.165) is 38.5 Å². The van der Waals surface area contributed by atoms with Crippen LogP contribution in [0, 0.1) is 0 Å². The lowest BCUT2D eigenvalue weighted by atomic mass is 9.93. The van der Waals surface area contributed by atoms with E-state index in [1.165, 1.54) is 11.1 Å². The van der Waals surface area contributed by atoms with Gasteiger partial charge in [0.2, 0.25) is 10.0 Å². The highest BCUT2D eigenvalue weighted by molar-refractivity contribution is 7.89. The first-order valence-corrected chi connectivity index (χ1v) is 9.31. The smallest absolute Gasteiger partial charge is 0.243 e. The number of rotatable bonds is 6. The Morgan fingerprint density at radius 1 is 1.14 bits per heavy atom. The predicted octanol–water partition coefficient (Wildman–Crippen LogP) is 2.10. The van der Waals surface area contributed by atoms with E-state index in [9.17, 15) is 8.42 Å². The van der Waals surface area contributed by atoms with Crippen molar-refractivity contribution >= 4 is 10.0 Å². The van der Waals surface area contributed by atoms with Crippen LogP contribution in [0.1, 0.15) is 43.2 Å². The van der Waals surface area contributed by atoms with Gasteiger partial charge in [0.15, 0.2) is 0 Å². The highest BCUT2D eigenvalue weighted by atomic mass is 32.2. The lowest BCUT2D eigenvalue weighted by molar-refractivity contribution is 0.198. The first kappa shape index (κ1) is 15.0. The van der Waals surface area contributed by atoms with Gasteiger partial charge in [-0.2, -0.15) is 4.31 Å². The van der Waals surface area contributed by atoms with E-state index in [1.807, 2.05) is 12.1 Å². The van der Waals surface area contributed by atoms with Crippen molar-refractivity contribution < 1.29 is 13.5 Å². The molecule has 2 aliphatic rings. The summed E-state index contributed by atoms with van der Waals surface area (Å²) in [7, 11) is -3.43. The van der Waals surface area contributed by atoms with Crippen LogP contribution in [-0.4, -0.2) is 37.0 Å². The molecule has 2 aliphatic carbocycles. The predicted molar refractivity (Wildman–Crippen MR) is 81.7 cm³/mol. The molecule has 4 nitrogen and oxygen atoms in total. The van der Waals surface area contributed by atoms with Crippen LogP contribution >= 0.6 is 0 Å². The van der Waals surface area contributed by atoms with Gasteiger partial charge in [-0.3, -0.25) is 0 Å². The van der Waals surface area contributed by atoms with Crippen LogP contribution in [0.25, 0.3) is 0 Å². The van der Waals surface area contributed by atoms with Gasteiger partial charge in [0, 0.05) is 19.2 Å². The molecule has 0 atom stereocenters. The monoisotopic (exact) mass is 309 g/mol. The molecule has 5 heteroatoms. The number of benzene rings is 1. The summed E-state index contributed by atoms with van der Waals surface area (Å²) in [4.78, 5) is 0.424. The fourth-order valence-corrected chi connectivity index (χ4v) is 5.02. The van der Waals surface area contributed by atoms with Crippen LogP contribution in [0.4, 0.5) is 0 Å². The number of hydrogen-bond donors (Lipinski definition) is 1. The average molecular weight is 309 g/mol. The summed E-state index contributed by atoms with van der Waals surface area (Å²) in [6.45, 7) is 0.448. The molecule has 0 aliphatic heterocycles. The molecule has 3 rings (SSSR count). The Kier molecular flexibility index (Phi) is 4.33. The Labute approximate surface area is 126 Å². The molecule has 1 saturated carbocycles. The van der Waals surface area contributed by atoms with Gasteiger partial charge in [0.1, 0.15) is 0 Å². The molecule has 1 fully saturated rings. The molecule has 1 aromatic carbocycles. The molecule has 0 spiro atoms. The van der Waals surface area contributed by atoms with Gasteiger partial charge in [-0.05, 0) is 61.8 Å². The lowest BCUT2D eigenvalue weighted by Gasteiger charge is -2.36. The van der Waals surface area contributed by atoms with E-state index in [4.69, 9.17) is 5.11 Å². The topological polar surface area (TPSA) is 57.6 Å². The van der Waals surface area contributed by atoms with Crippen molar-refractivity contribution in [3.63, 3.8) is 0 Å². The molecule has 1 N–H and O–H groups in total. The minimum atomic E-state index is -3.43. The highest BCUT2D eigenvalue weighted by Gasteiger charge is 2.34. The third-order valence-corrected chi connectivity index (χ3v) is 6.64. The maximum Gasteiger partial charge on any atom is 0.243 e. The van der Waals surface area contributed by atoms with E-state index in [1.54, 1.807) is 10.4 Å². The third kappa shape index (κ3) is 2.87. The number of fused-ring (bicyclic) bond motifs is 1. The average Bonchev–Trinajstić information content (AvgIpc) is 2.88. The molecule has 1 aromatic rings. The van der Waals surface area contributed by atoms with E-state index >= 15 is 0 Å². The molecule has 21 heavy (non-hydrogen) atoms. The molecule has 116 valence electrons. The molecule has 0 amide bonds. The number of hydrogen-bond acceptors (Lipinski definition) is 3. The van der Waals surface area contributed by atoms with Crippen molar-refractivity contribution in [3.8, 4) is 0 Å². The van der Waals surface area contributed by atoms with Crippen LogP contribution in [0.5, 0.6) is 0 Å². The molecule has 0 saturated heterocycles. The van der Waals surface area contributed by atoms with E-state index in [2.05, 4.69) is 0 Å². The second-order valence-electron chi connectivity index (χ2n) is 6.06. The zero-order valence-electron chi connectivity index (χ0n) is 12.3. The van der Waals surface area contributed by atoms with Crippen molar-refractivity contribution in [1.29, 1.82) is 0 Å². The summed E-state index contributed by atoms with van der Waals surface area (Å²) < 4.78 is 27.4. The molecule has 0 unspecified atom stereocenters. The second-order valence-corrected chi connectivity index (χ2v) is 7.95. The first-order chi connectivity index (χ1) is 10.1. The molecular weight excluding hydrogens is 286 g/mol. The van der Waals surface area contributed by atoms with E-state index in [0.29, 0.717) is 17.9 Å². The summed E-state index contributed by atoms with van der Waals surface area (Å²) in [5, 5.41) is 9.03. The normalized spacial score (nSPS) is 18.8. The minimum absolute atomic E-state index is 0.0307. The fourth-order valence-electron chi connectivity index (χ4n) is 3.24. The number of aliphatic hydroxyl groups is 1. The summed E-state index contributed by atoms with van der Waals surface area (Å²) in [6, 6.07) is 5.71. The van der Waals surface area contributed by atoms with Crippen molar-refractivity contribution in [1.82, 2.24) is 4.31 Å². The fraction of sp³-hybridized carbons (Fsp3) is 0.625. The molecule has 0 bridgehead atoms. The minimum Gasteiger partial charge on any atom is -0.396 e. The van der Waals surface area contributed by atoms with Gasteiger partial charge in [-0.25, -0.2) is 8.42 Å². The van der Waals surface area contributed by atoms with Crippen molar-refractivity contribution in [2.75, 3.05) is 13.2 Å². The van der Waals surface area contributed by atoms with Crippen LogP contribution in [-0.2, 0) is 22.9 Å². The molecule has 0 heterocycles. The van der Waals surface area contributed by atoms with Crippen LogP contribution in [0.3, 0.4) is 0 Å². The largest absolute Gasteiger partial charge is 0.396 e. The molecule has 0 aromatic heterocycles. The Hall–Kier alpha value is -0.910. The summed E-state index contributed by atoms with van der Waals surface area (Å²) >= 11 is 0. The van der Waals surface area contributed by atoms with Crippen molar-refractivity contribution in [2.24, 2.45) is 0 Å². The quantitative estimate of drug-likeness (QED) is 0.875. The van der Waals surface area contributed by atoms with E-state index in [-0.39, 0.29) is 12.6 Å². The second kappa shape index (κ2) is 6.07. The van der Waals surface area contributed by atoms with Gasteiger partial charge in [-0.15, -0.1) is 0 Å². The first-order valence-electron chi connectivity index (χ1n) is 7.87. The SMILES string of the molecule is O=S(=O)(c1ccc2c(c1)CCC2)N(CCCO)C1CCC1. The Morgan fingerprint density at radius 2 is 1.90 bits per heavy atom. The molecule has 0 radical (unpaired) electrons. The lowest BCUT2D eigenvalue weighted by Crippen LogP contribution is -2.44. The third-order valence-electron chi connectivity index (χ3n) is 4.70. The Morgan fingerprint density at radius 3 is 2.57 bits per heavy atom. The van der Waals surface area contributed by atoms with Crippen molar-refractivity contribution in [2.45, 2.75) is 55.9 Å². The zero-order chi connectivity index (χ0) is 14.9. The number of sulfonamides is 1. The Bertz CT molecular complexity index is 608. The number of nitrogens with zero attached hydrogens (tertiary/aromatic N) is 1. The summed E-state index contributed by atoms with van der Waals surface area (Å²) in [5.74, 6) is 0. The maximum absolute atomic E-state index is 12.9. The van der Waals surface area contributed by atoms with Gasteiger partial charge >= 0.3 is 0 Å². The standard InChI is InChI=1S/C16H23NO3S/c18-11-3-10-17(15-6-2-7-15)21(19,20)16-9-8-13-4-1-5-14(13)12-16/h8-9,12,15,18H,1-7,10-11H2. The summed E-state index contributed by atoms with van der Waals surface area (Å²) in [6.07, 6.45) is 6.65. The zero-order valence-corrected chi connectivity index (χ0v) is 13.1. The highest BCUT2D eigenvalue weighted by Crippen LogP contribution is 2.32. The van der Waals surface area contributed by atoms with Gasteiger partial charge in [0.05, 0.1) is 4.90 Å². The van der Waals surface area contributed by atoms with Gasteiger partial charge < -0.3 is 5.11 Å². The van der Waals surface area contributed by atoms with Crippen LogP contribution in [0.2, 0.25) is 0 Å². The number of aliphatic hydroxyl groups excluding tert-OH is 1. The van der Waals surface area contributed by atoms with E-state index < -0.39 is 10.0 Å². The van der Waals surface area contributed by atoms with Crippen LogP contribution < -0.4 is 0 Å². The molecular formula is C16H23NO3S. The number of aryl methyl sites for hydroxylation is 2.